The number of carbonyl (C=O) groups excluding carboxylic acids is 1. The maximum atomic E-state index is 12.5. The zero-order chi connectivity index (χ0) is 16.6. The van der Waals surface area contributed by atoms with E-state index in [9.17, 15) is 4.79 Å². The van der Waals surface area contributed by atoms with Gasteiger partial charge in [0.2, 0.25) is 0 Å². The standard InChI is InChI=1S/C18H24N4O/c1-11(2)17-21-20-16-6-5-15(10-22(16)17)19-18(23)14-8-12(3)7-13(4)9-14/h7-9,11,15H,5-6,10H2,1-4H3,(H,19,23). The molecule has 1 atom stereocenters. The molecule has 0 bridgehead atoms. The van der Waals surface area contributed by atoms with Crippen molar-refractivity contribution in [3.05, 3.63) is 46.5 Å². The normalized spacial score (nSPS) is 17.2. The Morgan fingerprint density at radius 2 is 1.91 bits per heavy atom. The second-order valence-corrected chi connectivity index (χ2v) is 6.83. The number of nitrogens with one attached hydrogen (secondary N) is 1. The predicted molar refractivity (Wildman–Crippen MR) is 89.6 cm³/mol. The van der Waals surface area contributed by atoms with Crippen LogP contribution in [0.5, 0.6) is 0 Å². The van der Waals surface area contributed by atoms with Gasteiger partial charge in [0.1, 0.15) is 11.6 Å². The zero-order valence-corrected chi connectivity index (χ0v) is 14.3. The Morgan fingerprint density at radius 3 is 2.57 bits per heavy atom. The number of aromatic nitrogens is 3. The Morgan fingerprint density at radius 1 is 1.22 bits per heavy atom. The molecule has 1 amide bonds. The van der Waals surface area contributed by atoms with Gasteiger partial charge >= 0.3 is 0 Å². The first-order chi connectivity index (χ1) is 10.9. The Balaban J connectivity index is 1.74. The minimum atomic E-state index is 0.00409. The van der Waals surface area contributed by atoms with Gasteiger partial charge in [0.25, 0.3) is 5.91 Å². The highest BCUT2D eigenvalue weighted by Crippen LogP contribution is 2.20. The maximum Gasteiger partial charge on any atom is 0.251 e. The summed E-state index contributed by atoms with van der Waals surface area (Å²) in [5, 5.41) is 11.7. The maximum absolute atomic E-state index is 12.5. The van der Waals surface area contributed by atoms with E-state index >= 15 is 0 Å². The first-order valence-corrected chi connectivity index (χ1v) is 8.25. The van der Waals surface area contributed by atoms with E-state index in [2.05, 4.69) is 40.0 Å². The van der Waals surface area contributed by atoms with Gasteiger partial charge in [0, 0.05) is 30.5 Å². The van der Waals surface area contributed by atoms with Crippen LogP contribution in [0.4, 0.5) is 0 Å². The van der Waals surface area contributed by atoms with E-state index in [4.69, 9.17) is 0 Å². The Hall–Kier alpha value is -2.17. The molecule has 1 aromatic heterocycles. The van der Waals surface area contributed by atoms with Gasteiger partial charge in [-0.2, -0.15) is 0 Å². The molecule has 23 heavy (non-hydrogen) atoms. The smallest absolute Gasteiger partial charge is 0.251 e. The van der Waals surface area contributed by atoms with Crippen molar-refractivity contribution in [1.29, 1.82) is 0 Å². The molecule has 122 valence electrons. The van der Waals surface area contributed by atoms with Gasteiger partial charge in [0.15, 0.2) is 0 Å². The number of nitrogens with zero attached hydrogens (tertiary/aromatic N) is 3. The van der Waals surface area contributed by atoms with Gasteiger partial charge in [-0.05, 0) is 32.4 Å². The molecule has 0 aliphatic carbocycles. The van der Waals surface area contributed by atoms with Crippen molar-refractivity contribution in [3.63, 3.8) is 0 Å². The third kappa shape index (κ3) is 3.28. The molecule has 0 saturated carbocycles. The third-order valence-electron chi connectivity index (χ3n) is 4.31. The van der Waals surface area contributed by atoms with Crippen LogP contribution in [0.15, 0.2) is 18.2 Å². The summed E-state index contributed by atoms with van der Waals surface area (Å²) < 4.78 is 2.17. The lowest BCUT2D eigenvalue weighted by atomic mass is 10.0. The quantitative estimate of drug-likeness (QED) is 0.948. The highest BCUT2D eigenvalue weighted by molar-refractivity contribution is 5.94. The second-order valence-electron chi connectivity index (χ2n) is 6.83. The highest BCUT2D eigenvalue weighted by Gasteiger charge is 2.25. The molecule has 1 aliphatic rings. The van der Waals surface area contributed by atoms with Crippen molar-refractivity contribution in [2.24, 2.45) is 0 Å². The van der Waals surface area contributed by atoms with Crippen LogP contribution in [-0.4, -0.2) is 26.7 Å². The lowest BCUT2D eigenvalue weighted by Crippen LogP contribution is -2.41. The van der Waals surface area contributed by atoms with E-state index in [1.165, 1.54) is 0 Å². The summed E-state index contributed by atoms with van der Waals surface area (Å²) in [4.78, 5) is 12.5. The molecule has 0 fully saturated rings. The third-order valence-corrected chi connectivity index (χ3v) is 4.31. The largest absolute Gasteiger partial charge is 0.347 e. The molecule has 3 rings (SSSR count). The molecule has 1 unspecified atom stereocenters. The van der Waals surface area contributed by atoms with Crippen LogP contribution < -0.4 is 5.32 Å². The molecule has 5 nitrogen and oxygen atoms in total. The number of carbonyl (C=O) groups is 1. The van der Waals surface area contributed by atoms with Crippen molar-refractivity contribution in [1.82, 2.24) is 20.1 Å². The number of hydrogen-bond donors (Lipinski definition) is 1. The Kier molecular flexibility index (Phi) is 4.20. The van der Waals surface area contributed by atoms with Crippen LogP contribution in [0.25, 0.3) is 0 Å². The molecular formula is C18H24N4O. The van der Waals surface area contributed by atoms with Gasteiger partial charge < -0.3 is 9.88 Å². The van der Waals surface area contributed by atoms with Gasteiger partial charge in [-0.15, -0.1) is 10.2 Å². The molecule has 1 N–H and O–H groups in total. The van der Waals surface area contributed by atoms with Gasteiger partial charge in [-0.25, -0.2) is 0 Å². The number of benzene rings is 1. The summed E-state index contributed by atoms with van der Waals surface area (Å²) in [5.74, 6) is 2.38. The van der Waals surface area contributed by atoms with Crippen LogP contribution in [0, 0.1) is 13.8 Å². The number of amides is 1. The SMILES string of the molecule is Cc1cc(C)cc(C(=O)NC2CCc3nnc(C(C)C)n3C2)c1. The van der Waals surface area contributed by atoms with E-state index < -0.39 is 0 Å². The van der Waals surface area contributed by atoms with E-state index in [1.54, 1.807) is 0 Å². The zero-order valence-electron chi connectivity index (χ0n) is 14.3. The molecule has 2 heterocycles. The van der Waals surface area contributed by atoms with E-state index in [1.807, 2.05) is 26.0 Å². The number of aryl methyl sites for hydroxylation is 3. The Labute approximate surface area is 137 Å². The van der Waals surface area contributed by atoms with Crippen molar-refractivity contribution in [2.75, 3.05) is 0 Å². The second kappa shape index (κ2) is 6.14. The van der Waals surface area contributed by atoms with Crippen LogP contribution in [-0.2, 0) is 13.0 Å². The van der Waals surface area contributed by atoms with Crippen molar-refractivity contribution >= 4 is 5.91 Å². The first-order valence-electron chi connectivity index (χ1n) is 8.25. The van der Waals surface area contributed by atoms with Crippen LogP contribution >= 0.6 is 0 Å². The van der Waals surface area contributed by atoms with Crippen LogP contribution in [0.3, 0.4) is 0 Å². The predicted octanol–water partition coefficient (Wildman–Crippen LogP) is 2.76. The molecule has 0 radical (unpaired) electrons. The van der Waals surface area contributed by atoms with Crippen molar-refractivity contribution in [3.8, 4) is 0 Å². The average molecular weight is 312 g/mol. The van der Waals surface area contributed by atoms with Crippen LogP contribution in [0.2, 0.25) is 0 Å². The van der Waals surface area contributed by atoms with Crippen molar-refractivity contribution < 1.29 is 4.79 Å². The highest BCUT2D eigenvalue weighted by atomic mass is 16.1. The average Bonchev–Trinajstić information content (AvgIpc) is 2.89. The summed E-state index contributed by atoms with van der Waals surface area (Å²) in [6.45, 7) is 9.03. The van der Waals surface area contributed by atoms with E-state index in [-0.39, 0.29) is 11.9 Å². The van der Waals surface area contributed by atoms with E-state index in [0.29, 0.717) is 5.92 Å². The molecule has 1 aromatic carbocycles. The number of fused-ring (bicyclic) bond motifs is 1. The lowest BCUT2D eigenvalue weighted by molar-refractivity contribution is 0.0927. The number of hydrogen-bond acceptors (Lipinski definition) is 3. The molecule has 1 aliphatic heterocycles. The Bertz CT molecular complexity index is 712. The van der Waals surface area contributed by atoms with Gasteiger partial charge in [-0.1, -0.05) is 31.0 Å². The fraction of sp³-hybridized carbons (Fsp3) is 0.500. The summed E-state index contributed by atoms with van der Waals surface area (Å²) >= 11 is 0. The molecular weight excluding hydrogens is 288 g/mol. The van der Waals surface area contributed by atoms with E-state index in [0.717, 1.165) is 47.7 Å². The summed E-state index contributed by atoms with van der Waals surface area (Å²) in [7, 11) is 0. The molecule has 0 saturated heterocycles. The van der Waals surface area contributed by atoms with Gasteiger partial charge in [-0.3, -0.25) is 4.79 Å². The number of rotatable bonds is 3. The minimum Gasteiger partial charge on any atom is -0.347 e. The molecule has 0 spiro atoms. The summed E-state index contributed by atoms with van der Waals surface area (Å²) in [6.07, 6.45) is 1.77. The topological polar surface area (TPSA) is 59.8 Å². The fourth-order valence-corrected chi connectivity index (χ4v) is 3.27. The first kappa shape index (κ1) is 15.7. The lowest BCUT2D eigenvalue weighted by Gasteiger charge is -2.26. The van der Waals surface area contributed by atoms with Gasteiger partial charge in [0.05, 0.1) is 0 Å². The summed E-state index contributed by atoms with van der Waals surface area (Å²) in [5.41, 5.74) is 2.96. The summed E-state index contributed by atoms with van der Waals surface area (Å²) in [6, 6.07) is 6.09. The monoisotopic (exact) mass is 312 g/mol. The van der Waals surface area contributed by atoms with Crippen molar-refractivity contribution in [2.45, 2.75) is 59.0 Å². The minimum absolute atomic E-state index is 0.00409. The molecule has 5 heteroatoms. The van der Waals surface area contributed by atoms with Crippen LogP contribution in [0.1, 0.15) is 59.3 Å². The fourth-order valence-electron chi connectivity index (χ4n) is 3.27. The molecule has 2 aromatic rings.